The lowest BCUT2D eigenvalue weighted by molar-refractivity contribution is 0.460. The molecule has 0 radical (unpaired) electrons. The van der Waals surface area contributed by atoms with Gasteiger partial charge in [0.15, 0.2) is 0 Å². The van der Waals surface area contributed by atoms with E-state index < -0.39 is 0 Å². The summed E-state index contributed by atoms with van der Waals surface area (Å²) in [4.78, 5) is 4.21. The van der Waals surface area contributed by atoms with Crippen molar-refractivity contribution in [2.45, 2.75) is 19.9 Å². The molecule has 0 saturated heterocycles. The normalized spacial score (nSPS) is 12.2. The number of ether oxygens (including phenoxy) is 1. The number of nitrogens with one attached hydrogen (secondary N) is 1. The van der Waals surface area contributed by atoms with E-state index in [1.165, 1.54) is 0 Å². The SMILES string of the molecule is CCNC(C)c1ccnc(Oc2cc(Cl)c(Br)cc2Cl)c1. The molecule has 0 aliphatic carbocycles. The summed E-state index contributed by atoms with van der Waals surface area (Å²) >= 11 is 15.5. The molecule has 1 N–H and O–H groups in total. The molecule has 0 aliphatic rings. The Morgan fingerprint density at radius 3 is 2.76 bits per heavy atom. The van der Waals surface area contributed by atoms with Crippen LogP contribution in [-0.2, 0) is 0 Å². The first-order valence-corrected chi connectivity index (χ1v) is 8.08. The predicted molar refractivity (Wildman–Crippen MR) is 90.6 cm³/mol. The van der Waals surface area contributed by atoms with Crippen LogP contribution in [0.1, 0.15) is 25.5 Å². The third-order valence-electron chi connectivity index (χ3n) is 2.96. The first-order chi connectivity index (χ1) is 10.0. The Bertz CT molecular complexity index is 637. The smallest absolute Gasteiger partial charge is 0.219 e. The van der Waals surface area contributed by atoms with E-state index in [2.05, 4.69) is 40.1 Å². The highest BCUT2D eigenvalue weighted by Gasteiger charge is 2.10. The minimum absolute atomic E-state index is 0.226. The van der Waals surface area contributed by atoms with E-state index in [1.54, 1.807) is 18.3 Å². The quantitative estimate of drug-likeness (QED) is 0.674. The molecule has 6 heteroatoms. The topological polar surface area (TPSA) is 34.2 Å². The van der Waals surface area contributed by atoms with E-state index in [-0.39, 0.29) is 6.04 Å². The molecule has 2 rings (SSSR count). The highest BCUT2D eigenvalue weighted by molar-refractivity contribution is 9.10. The number of pyridine rings is 1. The molecule has 0 bridgehead atoms. The second-order valence-corrected chi connectivity index (χ2v) is 6.17. The van der Waals surface area contributed by atoms with E-state index in [0.717, 1.165) is 16.6 Å². The van der Waals surface area contributed by atoms with Crippen LogP contribution in [-0.4, -0.2) is 11.5 Å². The zero-order valence-electron chi connectivity index (χ0n) is 11.7. The van der Waals surface area contributed by atoms with Gasteiger partial charge >= 0.3 is 0 Å². The fourth-order valence-corrected chi connectivity index (χ4v) is 2.70. The summed E-state index contributed by atoms with van der Waals surface area (Å²) in [5.74, 6) is 0.961. The lowest BCUT2D eigenvalue weighted by Gasteiger charge is -2.14. The minimum Gasteiger partial charge on any atom is -0.437 e. The zero-order valence-corrected chi connectivity index (χ0v) is 14.8. The monoisotopic (exact) mass is 388 g/mol. The third kappa shape index (κ3) is 4.33. The van der Waals surface area contributed by atoms with Gasteiger partial charge in [-0.2, -0.15) is 0 Å². The Labute approximate surface area is 142 Å². The molecule has 112 valence electrons. The molecule has 1 atom stereocenters. The molecule has 2 aromatic rings. The van der Waals surface area contributed by atoms with Gasteiger partial charge < -0.3 is 10.1 Å². The number of hydrogen-bond donors (Lipinski definition) is 1. The number of nitrogens with zero attached hydrogens (tertiary/aromatic N) is 1. The van der Waals surface area contributed by atoms with Gasteiger partial charge in [0.2, 0.25) is 5.88 Å². The molecule has 1 aromatic heterocycles. The van der Waals surface area contributed by atoms with Crippen LogP contribution in [0.25, 0.3) is 0 Å². The third-order valence-corrected chi connectivity index (χ3v) is 4.45. The van der Waals surface area contributed by atoms with Gasteiger partial charge in [-0.1, -0.05) is 30.1 Å². The predicted octanol–water partition coefficient (Wildman–Crippen LogP) is 5.61. The van der Waals surface area contributed by atoms with Crippen molar-refractivity contribution in [3.63, 3.8) is 0 Å². The summed E-state index contributed by atoms with van der Waals surface area (Å²) in [7, 11) is 0. The zero-order chi connectivity index (χ0) is 15.4. The lowest BCUT2D eigenvalue weighted by atomic mass is 10.1. The van der Waals surface area contributed by atoms with E-state index >= 15 is 0 Å². The maximum Gasteiger partial charge on any atom is 0.219 e. The van der Waals surface area contributed by atoms with Gasteiger partial charge in [0.25, 0.3) is 0 Å². The van der Waals surface area contributed by atoms with E-state index in [4.69, 9.17) is 27.9 Å². The number of hydrogen-bond acceptors (Lipinski definition) is 3. The molecule has 1 aromatic carbocycles. The van der Waals surface area contributed by atoms with Gasteiger partial charge in [0.1, 0.15) is 5.75 Å². The molecule has 0 saturated carbocycles. The van der Waals surface area contributed by atoms with Gasteiger partial charge in [-0.25, -0.2) is 4.98 Å². The van der Waals surface area contributed by atoms with E-state index in [1.807, 2.05) is 12.1 Å². The summed E-state index contributed by atoms with van der Waals surface area (Å²) in [5, 5.41) is 4.35. The van der Waals surface area contributed by atoms with Crippen molar-refractivity contribution in [2.75, 3.05) is 6.54 Å². The molecular weight excluding hydrogens is 375 g/mol. The van der Waals surface area contributed by atoms with Gasteiger partial charge in [0, 0.05) is 28.8 Å². The second-order valence-electron chi connectivity index (χ2n) is 4.51. The molecule has 1 unspecified atom stereocenters. The first kappa shape index (κ1) is 16.6. The largest absolute Gasteiger partial charge is 0.437 e. The van der Waals surface area contributed by atoms with Gasteiger partial charge in [-0.05, 0) is 47.1 Å². The molecule has 0 fully saturated rings. The van der Waals surface area contributed by atoms with Gasteiger partial charge in [-0.3, -0.25) is 0 Å². The first-order valence-electron chi connectivity index (χ1n) is 6.53. The van der Waals surface area contributed by atoms with Gasteiger partial charge in [-0.15, -0.1) is 0 Å². The Kier molecular flexibility index (Phi) is 5.88. The lowest BCUT2D eigenvalue weighted by Crippen LogP contribution is -2.17. The fraction of sp³-hybridized carbons (Fsp3) is 0.267. The van der Waals surface area contributed by atoms with Crippen molar-refractivity contribution in [1.29, 1.82) is 0 Å². The summed E-state index contributed by atoms with van der Waals surface area (Å²) < 4.78 is 6.46. The molecule has 0 spiro atoms. The molecule has 0 amide bonds. The standard InChI is InChI=1S/C15H15BrCl2N2O/c1-3-19-9(2)10-4-5-20-15(6-10)21-14-8-12(17)11(16)7-13(14)18/h4-9,19H,3H2,1-2H3. The van der Waals surface area contributed by atoms with Crippen LogP contribution in [0.15, 0.2) is 34.9 Å². The van der Waals surface area contributed by atoms with Crippen molar-refractivity contribution < 1.29 is 4.74 Å². The van der Waals surface area contributed by atoms with Crippen molar-refractivity contribution in [3.05, 3.63) is 50.5 Å². The number of benzene rings is 1. The van der Waals surface area contributed by atoms with Crippen LogP contribution in [0.2, 0.25) is 10.0 Å². The van der Waals surface area contributed by atoms with Crippen molar-refractivity contribution in [3.8, 4) is 11.6 Å². The van der Waals surface area contributed by atoms with Crippen LogP contribution in [0, 0.1) is 0 Å². The Morgan fingerprint density at radius 2 is 2.05 bits per heavy atom. The number of halogens is 3. The van der Waals surface area contributed by atoms with E-state index in [9.17, 15) is 0 Å². The average Bonchev–Trinajstić information content (AvgIpc) is 2.45. The highest BCUT2D eigenvalue weighted by Crippen LogP contribution is 2.36. The minimum atomic E-state index is 0.226. The average molecular weight is 390 g/mol. The summed E-state index contributed by atoms with van der Waals surface area (Å²) in [6.07, 6.45) is 1.72. The van der Waals surface area contributed by atoms with Crippen molar-refractivity contribution in [2.24, 2.45) is 0 Å². The Balaban J connectivity index is 2.24. The van der Waals surface area contributed by atoms with Crippen molar-refractivity contribution in [1.82, 2.24) is 10.3 Å². The van der Waals surface area contributed by atoms with Crippen LogP contribution >= 0.6 is 39.1 Å². The highest BCUT2D eigenvalue weighted by atomic mass is 79.9. The summed E-state index contributed by atoms with van der Waals surface area (Å²) in [6, 6.07) is 7.43. The number of aromatic nitrogens is 1. The molecular formula is C15H15BrCl2N2O. The molecule has 0 aliphatic heterocycles. The maximum atomic E-state index is 6.15. The van der Waals surface area contributed by atoms with Gasteiger partial charge in [0.05, 0.1) is 10.0 Å². The second kappa shape index (κ2) is 7.45. The van der Waals surface area contributed by atoms with Crippen LogP contribution in [0.5, 0.6) is 11.6 Å². The van der Waals surface area contributed by atoms with Crippen molar-refractivity contribution >= 4 is 39.1 Å². The Hall–Kier alpha value is -0.810. The molecule has 1 heterocycles. The molecule has 21 heavy (non-hydrogen) atoms. The van der Waals surface area contributed by atoms with Crippen LogP contribution in [0.3, 0.4) is 0 Å². The number of rotatable bonds is 5. The maximum absolute atomic E-state index is 6.15. The summed E-state index contributed by atoms with van der Waals surface area (Å²) in [6.45, 7) is 5.05. The van der Waals surface area contributed by atoms with Crippen LogP contribution in [0.4, 0.5) is 0 Å². The van der Waals surface area contributed by atoms with Crippen LogP contribution < -0.4 is 10.1 Å². The Morgan fingerprint density at radius 1 is 1.29 bits per heavy atom. The summed E-state index contributed by atoms with van der Waals surface area (Å²) in [5.41, 5.74) is 1.10. The molecule has 3 nitrogen and oxygen atoms in total. The van der Waals surface area contributed by atoms with E-state index in [0.29, 0.717) is 21.7 Å². The fourth-order valence-electron chi connectivity index (χ4n) is 1.87.